The second kappa shape index (κ2) is 10.7. The molecule has 0 aromatic heterocycles. The van der Waals surface area contributed by atoms with Gasteiger partial charge in [-0.25, -0.2) is 4.39 Å². The van der Waals surface area contributed by atoms with Crippen molar-refractivity contribution in [2.24, 2.45) is 0 Å². The molecule has 0 atom stereocenters. The van der Waals surface area contributed by atoms with E-state index in [9.17, 15) is 18.8 Å². The SMILES string of the molecule is CC(C)(C)c1ccc(C(=O)NCCNC(=O)c2ccc(NC(=O)c3ccc(F)cc3)cc2)cc1. The lowest BCUT2D eigenvalue weighted by molar-refractivity contribution is 0.0927. The molecule has 3 N–H and O–H groups in total. The Balaban J connectivity index is 1.43. The van der Waals surface area contributed by atoms with Crippen molar-refractivity contribution >= 4 is 23.4 Å². The molecule has 0 radical (unpaired) electrons. The molecule has 176 valence electrons. The number of nitrogens with one attached hydrogen (secondary N) is 3. The Morgan fingerprint density at radius 2 is 1.06 bits per heavy atom. The summed E-state index contributed by atoms with van der Waals surface area (Å²) in [6, 6.07) is 19.1. The number of anilines is 1. The highest BCUT2D eigenvalue weighted by atomic mass is 19.1. The first-order chi connectivity index (χ1) is 16.1. The molecule has 3 rings (SSSR count). The average molecular weight is 462 g/mol. The largest absolute Gasteiger partial charge is 0.350 e. The zero-order chi connectivity index (χ0) is 24.7. The Hall–Kier alpha value is -4.00. The first-order valence-electron chi connectivity index (χ1n) is 11.0. The van der Waals surface area contributed by atoms with E-state index in [0.29, 0.717) is 22.4 Å². The first kappa shape index (κ1) is 24.6. The molecule has 0 aliphatic heterocycles. The predicted molar refractivity (Wildman–Crippen MR) is 131 cm³/mol. The van der Waals surface area contributed by atoms with Crippen LogP contribution in [0.15, 0.2) is 72.8 Å². The maximum absolute atomic E-state index is 13.0. The molecule has 0 bridgehead atoms. The minimum Gasteiger partial charge on any atom is -0.350 e. The number of hydrogen-bond donors (Lipinski definition) is 3. The first-order valence-corrected chi connectivity index (χ1v) is 11.0. The summed E-state index contributed by atoms with van der Waals surface area (Å²) in [5.74, 6) is -1.28. The summed E-state index contributed by atoms with van der Waals surface area (Å²) in [7, 11) is 0. The zero-order valence-corrected chi connectivity index (χ0v) is 19.4. The maximum atomic E-state index is 13.0. The molecule has 34 heavy (non-hydrogen) atoms. The molecule has 0 fully saturated rings. The van der Waals surface area contributed by atoms with Crippen LogP contribution in [0.25, 0.3) is 0 Å². The van der Waals surface area contributed by atoms with Gasteiger partial charge in [0, 0.05) is 35.5 Å². The molecule has 0 saturated carbocycles. The van der Waals surface area contributed by atoms with Gasteiger partial charge < -0.3 is 16.0 Å². The maximum Gasteiger partial charge on any atom is 0.255 e. The summed E-state index contributed by atoms with van der Waals surface area (Å²) < 4.78 is 13.0. The molecule has 0 unspecified atom stereocenters. The van der Waals surface area contributed by atoms with E-state index in [2.05, 4.69) is 36.7 Å². The molecule has 3 aromatic carbocycles. The minimum atomic E-state index is -0.416. The van der Waals surface area contributed by atoms with Crippen LogP contribution in [0.2, 0.25) is 0 Å². The fourth-order valence-electron chi connectivity index (χ4n) is 3.19. The van der Waals surface area contributed by atoms with Crippen LogP contribution in [0.3, 0.4) is 0 Å². The summed E-state index contributed by atoms with van der Waals surface area (Å²) in [6.07, 6.45) is 0. The number of carbonyl (C=O) groups is 3. The fourth-order valence-corrected chi connectivity index (χ4v) is 3.19. The average Bonchev–Trinajstić information content (AvgIpc) is 2.82. The summed E-state index contributed by atoms with van der Waals surface area (Å²) in [6.45, 7) is 6.90. The normalized spacial score (nSPS) is 10.9. The molecular formula is C27H28FN3O3. The highest BCUT2D eigenvalue weighted by Crippen LogP contribution is 2.22. The Bertz CT molecular complexity index is 1150. The number of amides is 3. The van der Waals surface area contributed by atoms with Crippen molar-refractivity contribution < 1.29 is 18.8 Å². The molecule has 6 nitrogen and oxygen atoms in total. The van der Waals surface area contributed by atoms with E-state index in [0.717, 1.165) is 5.56 Å². The van der Waals surface area contributed by atoms with Gasteiger partial charge in [0.05, 0.1) is 0 Å². The van der Waals surface area contributed by atoms with Crippen molar-refractivity contribution in [1.29, 1.82) is 0 Å². The zero-order valence-electron chi connectivity index (χ0n) is 19.4. The second-order valence-corrected chi connectivity index (χ2v) is 8.88. The van der Waals surface area contributed by atoms with Crippen molar-refractivity contribution in [1.82, 2.24) is 10.6 Å². The van der Waals surface area contributed by atoms with Crippen LogP contribution in [0.5, 0.6) is 0 Å². The summed E-state index contributed by atoms with van der Waals surface area (Å²) in [4.78, 5) is 36.8. The predicted octanol–water partition coefficient (Wildman–Crippen LogP) is 4.54. The highest BCUT2D eigenvalue weighted by molar-refractivity contribution is 6.04. The van der Waals surface area contributed by atoms with Gasteiger partial charge in [-0.15, -0.1) is 0 Å². The van der Waals surface area contributed by atoms with Gasteiger partial charge in [0.1, 0.15) is 5.82 Å². The number of halogens is 1. The van der Waals surface area contributed by atoms with Gasteiger partial charge in [-0.05, 0) is 71.6 Å². The third-order valence-corrected chi connectivity index (χ3v) is 5.22. The third-order valence-electron chi connectivity index (χ3n) is 5.22. The van der Waals surface area contributed by atoms with Crippen LogP contribution in [-0.4, -0.2) is 30.8 Å². The van der Waals surface area contributed by atoms with Gasteiger partial charge >= 0.3 is 0 Å². The summed E-state index contributed by atoms with van der Waals surface area (Å²) in [5.41, 5.74) is 3.00. The van der Waals surface area contributed by atoms with Gasteiger partial charge in [0.15, 0.2) is 0 Å². The van der Waals surface area contributed by atoms with Crippen molar-refractivity contribution in [2.45, 2.75) is 26.2 Å². The van der Waals surface area contributed by atoms with Gasteiger partial charge in [0.25, 0.3) is 17.7 Å². The quantitative estimate of drug-likeness (QED) is 0.452. The standard InChI is InChI=1S/C27H28FN3O3/c1-27(2,3)21-10-4-18(5-11-21)24(32)29-16-17-30-25(33)19-8-14-23(15-9-19)31-26(34)20-6-12-22(28)13-7-20/h4-15H,16-17H2,1-3H3,(H,29,32)(H,30,33)(H,31,34). The van der Waals surface area contributed by atoms with Gasteiger partial charge in [0.2, 0.25) is 0 Å². The number of hydrogen-bond acceptors (Lipinski definition) is 3. The highest BCUT2D eigenvalue weighted by Gasteiger charge is 2.14. The molecule has 0 saturated heterocycles. The molecule has 0 aliphatic carbocycles. The van der Waals surface area contributed by atoms with Crippen LogP contribution >= 0.6 is 0 Å². The lowest BCUT2D eigenvalue weighted by Gasteiger charge is -2.19. The van der Waals surface area contributed by atoms with Gasteiger partial charge in [-0.1, -0.05) is 32.9 Å². The molecule has 3 aromatic rings. The molecular weight excluding hydrogens is 433 g/mol. The van der Waals surface area contributed by atoms with E-state index in [1.54, 1.807) is 36.4 Å². The Labute approximate surface area is 198 Å². The minimum absolute atomic E-state index is 0.0195. The molecule has 0 aliphatic rings. The lowest BCUT2D eigenvalue weighted by Crippen LogP contribution is -2.34. The van der Waals surface area contributed by atoms with E-state index in [1.807, 2.05) is 12.1 Å². The second-order valence-electron chi connectivity index (χ2n) is 8.88. The van der Waals surface area contributed by atoms with Crippen LogP contribution in [0.1, 0.15) is 57.4 Å². The van der Waals surface area contributed by atoms with Gasteiger partial charge in [-0.3, -0.25) is 14.4 Å². The van der Waals surface area contributed by atoms with Crippen LogP contribution in [0.4, 0.5) is 10.1 Å². The van der Waals surface area contributed by atoms with Crippen molar-refractivity contribution in [3.8, 4) is 0 Å². The topological polar surface area (TPSA) is 87.3 Å². The molecule has 3 amide bonds. The van der Waals surface area contributed by atoms with Gasteiger partial charge in [-0.2, -0.15) is 0 Å². The van der Waals surface area contributed by atoms with E-state index in [1.165, 1.54) is 24.3 Å². The monoisotopic (exact) mass is 461 g/mol. The van der Waals surface area contributed by atoms with Crippen molar-refractivity contribution in [3.63, 3.8) is 0 Å². The number of rotatable bonds is 7. The number of carbonyl (C=O) groups excluding carboxylic acids is 3. The van der Waals surface area contributed by atoms with Crippen LogP contribution in [0, 0.1) is 5.82 Å². The Morgan fingerprint density at radius 1 is 0.647 bits per heavy atom. The third kappa shape index (κ3) is 6.75. The molecule has 0 heterocycles. The van der Waals surface area contributed by atoms with Crippen molar-refractivity contribution in [3.05, 3.63) is 101 Å². The van der Waals surface area contributed by atoms with Crippen LogP contribution in [-0.2, 0) is 5.41 Å². The molecule has 7 heteroatoms. The Kier molecular flexibility index (Phi) is 7.79. The van der Waals surface area contributed by atoms with E-state index in [-0.39, 0.29) is 36.2 Å². The van der Waals surface area contributed by atoms with E-state index < -0.39 is 5.82 Å². The fraction of sp³-hybridized carbons (Fsp3) is 0.222. The summed E-state index contributed by atoms with van der Waals surface area (Å²) in [5, 5.41) is 8.23. The van der Waals surface area contributed by atoms with Crippen LogP contribution < -0.4 is 16.0 Å². The summed E-state index contributed by atoms with van der Waals surface area (Å²) >= 11 is 0. The smallest absolute Gasteiger partial charge is 0.255 e. The van der Waals surface area contributed by atoms with Crippen molar-refractivity contribution in [2.75, 3.05) is 18.4 Å². The molecule has 0 spiro atoms. The van der Waals surface area contributed by atoms with E-state index >= 15 is 0 Å². The Morgan fingerprint density at radius 3 is 1.53 bits per heavy atom. The lowest BCUT2D eigenvalue weighted by atomic mass is 9.87. The number of benzene rings is 3. The van der Waals surface area contributed by atoms with E-state index in [4.69, 9.17) is 0 Å².